The van der Waals surface area contributed by atoms with Crippen LogP contribution in [0.2, 0.25) is 0 Å². The van der Waals surface area contributed by atoms with Crippen LogP contribution in [0.4, 0.5) is 0 Å². The predicted molar refractivity (Wildman–Crippen MR) is 67.6 cm³/mol. The second kappa shape index (κ2) is 5.34. The van der Waals surface area contributed by atoms with Crippen LogP contribution < -0.4 is 10.3 Å². The Labute approximate surface area is 108 Å². The first-order valence-electron chi connectivity index (χ1n) is 5.54. The van der Waals surface area contributed by atoms with E-state index in [1.54, 1.807) is 12.1 Å². The molecule has 0 atom stereocenters. The number of benzene rings is 1. The highest BCUT2D eigenvalue weighted by Gasteiger charge is 2.06. The smallest absolute Gasteiger partial charge is 0.335 e. The summed E-state index contributed by atoms with van der Waals surface area (Å²) >= 11 is 0. The fourth-order valence-electron chi connectivity index (χ4n) is 1.63. The molecule has 0 aliphatic heterocycles. The molecule has 98 valence electrons. The molecule has 2 aromatic rings. The average Bonchev–Trinajstić information content (AvgIpc) is 2.41. The molecule has 0 amide bonds. The van der Waals surface area contributed by atoms with Crippen LogP contribution in [0.25, 0.3) is 0 Å². The van der Waals surface area contributed by atoms with Crippen LogP contribution in [0, 0.1) is 0 Å². The highest BCUT2D eigenvalue weighted by molar-refractivity contribution is 5.87. The third kappa shape index (κ3) is 2.98. The molecule has 0 radical (unpaired) electrons. The normalized spacial score (nSPS) is 10.2. The van der Waals surface area contributed by atoms with Gasteiger partial charge in [-0.25, -0.2) is 9.48 Å². The molecule has 1 heterocycles. The first-order valence-corrected chi connectivity index (χ1v) is 5.54. The Balaban J connectivity index is 2.33. The third-order valence-corrected chi connectivity index (χ3v) is 2.56. The van der Waals surface area contributed by atoms with Gasteiger partial charge >= 0.3 is 5.97 Å². The van der Waals surface area contributed by atoms with Crippen molar-refractivity contribution in [3.05, 3.63) is 57.9 Å². The van der Waals surface area contributed by atoms with Gasteiger partial charge in [-0.2, -0.15) is 0 Å². The van der Waals surface area contributed by atoms with Gasteiger partial charge < -0.3 is 9.84 Å². The van der Waals surface area contributed by atoms with Gasteiger partial charge in [0.25, 0.3) is 5.56 Å². The second-order valence-electron chi connectivity index (χ2n) is 3.88. The summed E-state index contributed by atoms with van der Waals surface area (Å²) in [6.45, 7) is 0.192. The van der Waals surface area contributed by atoms with Crippen molar-refractivity contribution in [1.82, 2.24) is 9.78 Å². The maximum atomic E-state index is 11.6. The van der Waals surface area contributed by atoms with Crippen LogP contribution in [-0.2, 0) is 6.54 Å². The molecule has 0 fully saturated rings. The second-order valence-corrected chi connectivity index (χ2v) is 3.88. The first kappa shape index (κ1) is 12.8. The minimum absolute atomic E-state index is 0.174. The lowest BCUT2D eigenvalue weighted by Crippen LogP contribution is -2.22. The van der Waals surface area contributed by atoms with E-state index in [0.717, 1.165) is 0 Å². The van der Waals surface area contributed by atoms with Gasteiger partial charge in [0.1, 0.15) is 0 Å². The SMILES string of the molecule is COc1ccc(=O)n(Cc2cccc(C(=O)O)c2)n1. The van der Waals surface area contributed by atoms with E-state index in [1.165, 1.54) is 36.1 Å². The van der Waals surface area contributed by atoms with E-state index in [-0.39, 0.29) is 17.7 Å². The molecule has 6 heteroatoms. The minimum Gasteiger partial charge on any atom is -0.480 e. The van der Waals surface area contributed by atoms with Gasteiger partial charge in [-0.1, -0.05) is 12.1 Å². The largest absolute Gasteiger partial charge is 0.480 e. The molecule has 0 bridgehead atoms. The molecule has 0 aliphatic rings. The van der Waals surface area contributed by atoms with E-state index >= 15 is 0 Å². The zero-order chi connectivity index (χ0) is 13.8. The van der Waals surface area contributed by atoms with E-state index in [1.807, 2.05) is 0 Å². The Bertz CT molecular complexity index is 664. The Morgan fingerprint density at radius 1 is 1.37 bits per heavy atom. The number of aromatic carboxylic acids is 1. The summed E-state index contributed by atoms with van der Waals surface area (Å²) in [4.78, 5) is 22.5. The van der Waals surface area contributed by atoms with E-state index in [0.29, 0.717) is 11.4 Å². The average molecular weight is 260 g/mol. The summed E-state index contributed by atoms with van der Waals surface area (Å²) in [6.07, 6.45) is 0. The molecule has 6 nitrogen and oxygen atoms in total. The molecule has 0 saturated heterocycles. The molecule has 2 rings (SSSR count). The molecule has 0 saturated carbocycles. The van der Waals surface area contributed by atoms with Crippen molar-refractivity contribution in [3.8, 4) is 5.88 Å². The minimum atomic E-state index is -1.01. The quantitative estimate of drug-likeness (QED) is 0.886. The monoisotopic (exact) mass is 260 g/mol. The molecule has 19 heavy (non-hydrogen) atoms. The van der Waals surface area contributed by atoms with Gasteiger partial charge in [-0.05, 0) is 17.7 Å². The molecule has 0 unspecified atom stereocenters. The maximum absolute atomic E-state index is 11.6. The lowest BCUT2D eigenvalue weighted by Gasteiger charge is -2.06. The summed E-state index contributed by atoms with van der Waals surface area (Å²) < 4.78 is 6.17. The lowest BCUT2D eigenvalue weighted by atomic mass is 10.1. The zero-order valence-electron chi connectivity index (χ0n) is 10.2. The number of carboxylic acids is 1. The standard InChI is InChI=1S/C13H12N2O4/c1-19-11-5-6-12(16)15(14-11)8-9-3-2-4-10(7-9)13(17)18/h2-7H,8H2,1H3,(H,17,18). The molecule has 1 N–H and O–H groups in total. The number of carboxylic acid groups (broad SMARTS) is 1. The number of hydrogen-bond donors (Lipinski definition) is 1. The molecular weight excluding hydrogens is 248 g/mol. The molecule has 0 aliphatic carbocycles. The Morgan fingerprint density at radius 2 is 2.16 bits per heavy atom. The number of carbonyl (C=O) groups is 1. The Morgan fingerprint density at radius 3 is 2.84 bits per heavy atom. The molecule has 1 aromatic carbocycles. The molecular formula is C13H12N2O4. The van der Waals surface area contributed by atoms with Crippen molar-refractivity contribution in [3.63, 3.8) is 0 Å². The van der Waals surface area contributed by atoms with Gasteiger partial charge in [-0.15, -0.1) is 5.10 Å². The van der Waals surface area contributed by atoms with Crippen LogP contribution in [0.15, 0.2) is 41.2 Å². The number of hydrogen-bond acceptors (Lipinski definition) is 4. The van der Waals surface area contributed by atoms with Crippen LogP contribution in [-0.4, -0.2) is 28.0 Å². The number of rotatable bonds is 4. The zero-order valence-corrected chi connectivity index (χ0v) is 10.2. The van der Waals surface area contributed by atoms with E-state index in [2.05, 4.69) is 5.10 Å². The number of nitrogens with zero attached hydrogens (tertiary/aromatic N) is 2. The summed E-state index contributed by atoms with van der Waals surface area (Å²) in [5.41, 5.74) is 0.581. The van der Waals surface area contributed by atoms with Crippen molar-refractivity contribution in [2.45, 2.75) is 6.54 Å². The van der Waals surface area contributed by atoms with Crippen LogP contribution in [0.5, 0.6) is 5.88 Å². The van der Waals surface area contributed by atoms with Crippen LogP contribution >= 0.6 is 0 Å². The van der Waals surface area contributed by atoms with E-state index < -0.39 is 5.97 Å². The van der Waals surface area contributed by atoms with Gasteiger partial charge in [0, 0.05) is 12.1 Å². The third-order valence-electron chi connectivity index (χ3n) is 2.56. The fourth-order valence-corrected chi connectivity index (χ4v) is 1.63. The van der Waals surface area contributed by atoms with Crippen LogP contribution in [0.1, 0.15) is 15.9 Å². The van der Waals surface area contributed by atoms with Crippen molar-refractivity contribution in [1.29, 1.82) is 0 Å². The Hall–Kier alpha value is -2.63. The highest BCUT2D eigenvalue weighted by Crippen LogP contribution is 2.07. The van der Waals surface area contributed by atoms with E-state index in [9.17, 15) is 9.59 Å². The summed E-state index contributed by atoms with van der Waals surface area (Å²) in [5.74, 6) is -0.679. The highest BCUT2D eigenvalue weighted by atomic mass is 16.5. The summed E-state index contributed by atoms with van der Waals surface area (Å²) in [6, 6.07) is 9.20. The number of ether oxygens (including phenoxy) is 1. The summed E-state index contributed by atoms with van der Waals surface area (Å²) in [7, 11) is 1.46. The Kier molecular flexibility index (Phi) is 3.61. The van der Waals surface area contributed by atoms with Crippen LogP contribution in [0.3, 0.4) is 0 Å². The predicted octanol–water partition coefficient (Wildman–Crippen LogP) is 0.998. The van der Waals surface area contributed by atoms with Gasteiger partial charge in [-0.3, -0.25) is 4.79 Å². The van der Waals surface area contributed by atoms with Crippen molar-refractivity contribution in [2.24, 2.45) is 0 Å². The summed E-state index contributed by atoms with van der Waals surface area (Å²) in [5, 5.41) is 12.9. The van der Waals surface area contributed by atoms with Crippen molar-refractivity contribution in [2.75, 3.05) is 7.11 Å². The lowest BCUT2D eigenvalue weighted by molar-refractivity contribution is 0.0696. The van der Waals surface area contributed by atoms with Gasteiger partial charge in [0.2, 0.25) is 5.88 Å². The maximum Gasteiger partial charge on any atom is 0.335 e. The first-order chi connectivity index (χ1) is 9.10. The van der Waals surface area contributed by atoms with E-state index in [4.69, 9.17) is 9.84 Å². The fraction of sp³-hybridized carbons (Fsp3) is 0.154. The molecule has 1 aromatic heterocycles. The van der Waals surface area contributed by atoms with Crippen molar-refractivity contribution >= 4 is 5.97 Å². The van der Waals surface area contributed by atoms with Gasteiger partial charge in [0.15, 0.2) is 0 Å². The molecule has 0 spiro atoms. The topological polar surface area (TPSA) is 81.4 Å². The van der Waals surface area contributed by atoms with Gasteiger partial charge in [0.05, 0.1) is 19.2 Å². The number of aromatic nitrogens is 2. The van der Waals surface area contributed by atoms with Crippen molar-refractivity contribution < 1.29 is 14.6 Å². The number of methoxy groups -OCH3 is 1.